The van der Waals surface area contributed by atoms with Crippen molar-refractivity contribution in [3.8, 4) is 0 Å². The summed E-state index contributed by atoms with van der Waals surface area (Å²) in [5.74, 6) is -0.373. The zero-order valence-electron chi connectivity index (χ0n) is 8.21. The van der Waals surface area contributed by atoms with Crippen LogP contribution in [0.2, 0.25) is 0 Å². The average Bonchev–Trinajstić information content (AvgIpc) is 2.67. The van der Waals surface area contributed by atoms with Gasteiger partial charge in [0.2, 0.25) is 0 Å². The molecule has 1 fully saturated rings. The third-order valence-electron chi connectivity index (χ3n) is 2.17. The van der Waals surface area contributed by atoms with E-state index in [4.69, 9.17) is 4.74 Å². The summed E-state index contributed by atoms with van der Waals surface area (Å²) in [5, 5.41) is 2.23. The molecule has 1 rings (SSSR count). The zero-order valence-corrected chi connectivity index (χ0v) is 9.02. The minimum Gasteiger partial charge on any atom is -0.461 e. The maximum absolute atomic E-state index is 11.5. The number of carbonyl (C=O) groups is 1. The Kier molecular flexibility index (Phi) is 4.50. The molecular formula is C10H13NO2S. The Morgan fingerprint density at radius 2 is 2.21 bits per heavy atom. The predicted molar refractivity (Wildman–Crippen MR) is 57.2 cm³/mol. The average molecular weight is 211 g/mol. The monoisotopic (exact) mass is 211 g/mol. The number of carbonyl (C=O) groups excluding carboxylic acids is 1. The summed E-state index contributed by atoms with van der Waals surface area (Å²) < 4.78 is 4.89. The topological polar surface area (TPSA) is 38.7 Å². The molecule has 0 bridgehead atoms. The van der Waals surface area contributed by atoms with E-state index in [0.29, 0.717) is 12.3 Å². The molecule has 14 heavy (non-hydrogen) atoms. The Morgan fingerprint density at radius 1 is 1.57 bits per heavy atom. The quantitative estimate of drug-likeness (QED) is 0.311. The van der Waals surface area contributed by atoms with Gasteiger partial charge in [-0.3, -0.25) is 0 Å². The smallest absolute Gasteiger partial charge is 0.357 e. The highest BCUT2D eigenvalue weighted by molar-refractivity contribution is 7.78. The number of aliphatic imine (C=N–C) groups is 1. The first-order valence-electron chi connectivity index (χ1n) is 4.76. The Morgan fingerprint density at radius 3 is 2.71 bits per heavy atom. The summed E-state index contributed by atoms with van der Waals surface area (Å²) >= 11 is 4.51. The van der Waals surface area contributed by atoms with E-state index in [1.807, 2.05) is 0 Å². The van der Waals surface area contributed by atoms with Crippen LogP contribution < -0.4 is 0 Å². The van der Waals surface area contributed by atoms with Crippen molar-refractivity contribution in [3.63, 3.8) is 0 Å². The number of hydrogen-bond donors (Lipinski definition) is 0. The maximum atomic E-state index is 11.5. The summed E-state index contributed by atoms with van der Waals surface area (Å²) in [6, 6.07) is 0. The van der Waals surface area contributed by atoms with Crippen molar-refractivity contribution >= 4 is 23.3 Å². The van der Waals surface area contributed by atoms with E-state index in [9.17, 15) is 4.79 Å². The second-order valence-electron chi connectivity index (χ2n) is 3.08. The molecule has 1 aliphatic carbocycles. The normalized spacial score (nSPS) is 14.8. The largest absolute Gasteiger partial charge is 0.461 e. The summed E-state index contributed by atoms with van der Waals surface area (Å²) in [6.07, 6.45) is 4.08. The molecule has 0 atom stereocenters. The molecule has 0 heterocycles. The number of isothiocyanates is 1. The van der Waals surface area contributed by atoms with Gasteiger partial charge in [0.15, 0.2) is 5.70 Å². The minimum atomic E-state index is -0.373. The number of allylic oxidation sites excluding steroid dienone is 1. The van der Waals surface area contributed by atoms with Crippen LogP contribution in [0, 0.1) is 0 Å². The molecule has 0 spiro atoms. The first-order chi connectivity index (χ1) is 6.79. The Bertz CT molecular complexity index is 295. The van der Waals surface area contributed by atoms with Gasteiger partial charge in [0, 0.05) is 0 Å². The van der Waals surface area contributed by atoms with Gasteiger partial charge in [-0.15, -0.1) is 0 Å². The summed E-state index contributed by atoms with van der Waals surface area (Å²) in [7, 11) is 0. The molecule has 0 N–H and O–H groups in total. The van der Waals surface area contributed by atoms with Crippen LogP contribution in [0.4, 0.5) is 0 Å². The van der Waals surface area contributed by atoms with Crippen molar-refractivity contribution in [2.24, 2.45) is 4.99 Å². The van der Waals surface area contributed by atoms with Gasteiger partial charge >= 0.3 is 5.97 Å². The Balaban J connectivity index is 2.87. The van der Waals surface area contributed by atoms with Gasteiger partial charge in [0.25, 0.3) is 0 Å². The van der Waals surface area contributed by atoms with E-state index in [1.54, 1.807) is 6.92 Å². The summed E-state index contributed by atoms with van der Waals surface area (Å²) in [5.41, 5.74) is 1.43. The molecule has 0 aromatic rings. The SMILES string of the molecule is CCOC(=O)C(N=C=S)=C1CCCC1. The van der Waals surface area contributed by atoms with Crippen LogP contribution in [0.1, 0.15) is 32.6 Å². The molecular weight excluding hydrogens is 198 g/mol. The highest BCUT2D eigenvalue weighted by Crippen LogP contribution is 2.27. The van der Waals surface area contributed by atoms with Crippen LogP contribution >= 0.6 is 12.2 Å². The van der Waals surface area contributed by atoms with Gasteiger partial charge in [0.05, 0.1) is 11.8 Å². The molecule has 0 saturated heterocycles. The van der Waals surface area contributed by atoms with Crippen molar-refractivity contribution in [1.29, 1.82) is 0 Å². The van der Waals surface area contributed by atoms with Crippen molar-refractivity contribution in [1.82, 2.24) is 0 Å². The van der Waals surface area contributed by atoms with Gasteiger partial charge < -0.3 is 4.74 Å². The number of nitrogens with zero attached hydrogens (tertiary/aromatic N) is 1. The number of hydrogen-bond acceptors (Lipinski definition) is 4. The lowest BCUT2D eigenvalue weighted by molar-refractivity contribution is -0.138. The Labute approximate surface area is 88.9 Å². The van der Waals surface area contributed by atoms with Gasteiger partial charge in [-0.2, -0.15) is 4.99 Å². The number of esters is 1. The molecule has 0 aliphatic heterocycles. The first-order valence-corrected chi connectivity index (χ1v) is 5.17. The minimum absolute atomic E-state index is 0.364. The van der Waals surface area contributed by atoms with Crippen LogP contribution in [0.5, 0.6) is 0 Å². The van der Waals surface area contributed by atoms with Crippen LogP contribution in [0.3, 0.4) is 0 Å². The predicted octanol–water partition coefficient (Wildman–Crippen LogP) is 2.48. The molecule has 1 aliphatic rings. The third-order valence-corrected chi connectivity index (χ3v) is 2.26. The summed E-state index contributed by atoms with van der Waals surface area (Å²) in [4.78, 5) is 15.3. The zero-order chi connectivity index (χ0) is 10.4. The third kappa shape index (κ3) is 2.76. The number of thiocarbonyl (C=S) groups is 1. The lowest BCUT2D eigenvalue weighted by atomic mass is 10.2. The molecule has 0 radical (unpaired) electrons. The fourth-order valence-electron chi connectivity index (χ4n) is 1.55. The molecule has 0 unspecified atom stereocenters. The van der Waals surface area contributed by atoms with E-state index in [0.717, 1.165) is 31.3 Å². The van der Waals surface area contributed by atoms with E-state index in [2.05, 4.69) is 22.4 Å². The van der Waals surface area contributed by atoms with Gasteiger partial charge in [0.1, 0.15) is 0 Å². The fraction of sp³-hybridized carbons (Fsp3) is 0.600. The fourth-order valence-corrected chi connectivity index (χ4v) is 1.64. The number of rotatable bonds is 3. The van der Waals surface area contributed by atoms with Crippen molar-refractivity contribution in [2.45, 2.75) is 32.6 Å². The molecule has 0 amide bonds. The second kappa shape index (κ2) is 5.68. The van der Waals surface area contributed by atoms with E-state index in [1.165, 1.54) is 0 Å². The van der Waals surface area contributed by atoms with E-state index >= 15 is 0 Å². The lowest BCUT2D eigenvalue weighted by Crippen LogP contribution is -2.08. The van der Waals surface area contributed by atoms with Gasteiger partial charge in [-0.25, -0.2) is 4.79 Å². The first kappa shape index (κ1) is 11.1. The van der Waals surface area contributed by atoms with Gasteiger partial charge in [-0.05, 0) is 50.4 Å². The van der Waals surface area contributed by atoms with Crippen molar-refractivity contribution < 1.29 is 9.53 Å². The molecule has 4 heteroatoms. The lowest BCUT2D eigenvalue weighted by Gasteiger charge is -2.03. The number of ether oxygens (including phenoxy) is 1. The maximum Gasteiger partial charge on any atom is 0.357 e. The van der Waals surface area contributed by atoms with Gasteiger partial charge in [-0.1, -0.05) is 0 Å². The highest BCUT2D eigenvalue weighted by Gasteiger charge is 2.18. The van der Waals surface area contributed by atoms with Crippen LogP contribution in [-0.4, -0.2) is 17.7 Å². The van der Waals surface area contributed by atoms with Crippen LogP contribution in [0.25, 0.3) is 0 Å². The molecule has 76 valence electrons. The van der Waals surface area contributed by atoms with Crippen molar-refractivity contribution in [3.05, 3.63) is 11.3 Å². The van der Waals surface area contributed by atoms with Crippen LogP contribution in [-0.2, 0) is 9.53 Å². The van der Waals surface area contributed by atoms with Crippen molar-refractivity contribution in [2.75, 3.05) is 6.61 Å². The van der Waals surface area contributed by atoms with Crippen LogP contribution in [0.15, 0.2) is 16.3 Å². The molecule has 3 nitrogen and oxygen atoms in total. The molecule has 0 aromatic heterocycles. The molecule has 0 aromatic carbocycles. The standard InChI is InChI=1S/C10H13NO2S/c1-2-13-10(12)9(11-7-14)8-5-3-4-6-8/h2-6H2,1H3. The van der Waals surface area contributed by atoms with E-state index < -0.39 is 0 Å². The van der Waals surface area contributed by atoms with E-state index in [-0.39, 0.29) is 5.97 Å². The molecule has 1 saturated carbocycles. The Hall–Kier alpha value is -0.990. The second-order valence-corrected chi connectivity index (χ2v) is 3.27. The highest BCUT2D eigenvalue weighted by atomic mass is 32.1. The summed E-state index contributed by atoms with van der Waals surface area (Å²) in [6.45, 7) is 2.14.